The van der Waals surface area contributed by atoms with E-state index in [0.29, 0.717) is 13.2 Å². The first-order valence-corrected chi connectivity index (χ1v) is 7.17. The fourth-order valence-electron chi connectivity index (χ4n) is 2.59. The number of hydrogen-bond acceptors (Lipinski definition) is 4. The van der Waals surface area contributed by atoms with Crippen molar-refractivity contribution in [2.24, 2.45) is 0 Å². The molecule has 2 aliphatic rings. The van der Waals surface area contributed by atoms with E-state index >= 15 is 0 Å². The summed E-state index contributed by atoms with van der Waals surface area (Å²) in [7, 11) is 0. The summed E-state index contributed by atoms with van der Waals surface area (Å²) in [6.45, 7) is 5.41. The molecule has 2 aliphatic heterocycles. The first-order chi connectivity index (χ1) is 9.42. The highest BCUT2D eigenvalue weighted by Crippen LogP contribution is 2.33. The molecule has 3 rings (SSSR count). The summed E-state index contributed by atoms with van der Waals surface area (Å²) in [5.41, 5.74) is 0. The maximum atomic E-state index is 5.80. The van der Waals surface area contributed by atoms with Crippen LogP contribution >= 0.6 is 0 Å². The Bertz CT molecular complexity index is 416. The van der Waals surface area contributed by atoms with Crippen LogP contribution in [0.5, 0.6) is 17.2 Å². The third-order valence-electron chi connectivity index (χ3n) is 3.64. The Morgan fingerprint density at radius 3 is 2.63 bits per heavy atom. The van der Waals surface area contributed by atoms with Gasteiger partial charge in [0.25, 0.3) is 0 Å². The van der Waals surface area contributed by atoms with Gasteiger partial charge in [0.1, 0.15) is 25.6 Å². The van der Waals surface area contributed by atoms with Gasteiger partial charge in [0.15, 0.2) is 11.5 Å². The molecule has 1 fully saturated rings. The number of rotatable bonds is 4. The van der Waals surface area contributed by atoms with Crippen molar-refractivity contribution in [2.75, 3.05) is 39.5 Å². The molecule has 0 aliphatic carbocycles. The zero-order valence-corrected chi connectivity index (χ0v) is 11.3. The van der Waals surface area contributed by atoms with Crippen LogP contribution in [0.4, 0.5) is 0 Å². The standard InChI is InChI=1S/C15H21NO3/c1-2-6-16(7-3-1)8-9-17-13-4-5-14-15(12-13)19-11-10-18-14/h4-5,12H,1-3,6-11H2. The van der Waals surface area contributed by atoms with Gasteiger partial charge in [-0.25, -0.2) is 0 Å². The summed E-state index contributed by atoms with van der Waals surface area (Å²) in [5.74, 6) is 2.47. The highest BCUT2D eigenvalue weighted by Gasteiger charge is 2.13. The number of fused-ring (bicyclic) bond motifs is 1. The second-order valence-corrected chi connectivity index (χ2v) is 5.06. The van der Waals surface area contributed by atoms with Gasteiger partial charge in [0.05, 0.1) is 0 Å². The van der Waals surface area contributed by atoms with E-state index in [1.165, 1.54) is 32.4 Å². The molecule has 104 valence electrons. The molecule has 1 saturated heterocycles. The molecular weight excluding hydrogens is 242 g/mol. The van der Waals surface area contributed by atoms with E-state index in [1.54, 1.807) is 0 Å². The number of nitrogens with zero attached hydrogens (tertiary/aromatic N) is 1. The van der Waals surface area contributed by atoms with Gasteiger partial charge < -0.3 is 14.2 Å². The van der Waals surface area contributed by atoms with Crippen molar-refractivity contribution in [3.8, 4) is 17.2 Å². The van der Waals surface area contributed by atoms with Gasteiger partial charge in [-0.2, -0.15) is 0 Å². The second kappa shape index (κ2) is 6.15. The predicted molar refractivity (Wildman–Crippen MR) is 73.2 cm³/mol. The normalized spacial score (nSPS) is 19.2. The molecule has 2 heterocycles. The minimum atomic E-state index is 0.615. The minimum Gasteiger partial charge on any atom is -0.492 e. The van der Waals surface area contributed by atoms with Gasteiger partial charge in [-0.3, -0.25) is 4.90 Å². The second-order valence-electron chi connectivity index (χ2n) is 5.06. The van der Waals surface area contributed by atoms with Crippen molar-refractivity contribution < 1.29 is 14.2 Å². The molecule has 4 nitrogen and oxygen atoms in total. The molecule has 19 heavy (non-hydrogen) atoms. The van der Waals surface area contributed by atoms with E-state index in [4.69, 9.17) is 14.2 Å². The molecule has 0 spiro atoms. The number of piperidine rings is 1. The van der Waals surface area contributed by atoms with Crippen LogP contribution in [0.25, 0.3) is 0 Å². The van der Waals surface area contributed by atoms with Crippen LogP contribution in [0, 0.1) is 0 Å². The van der Waals surface area contributed by atoms with Crippen LogP contribution < -0.4 is 14.2 Å². The van der Waals surface area contributed by atoms with Crippen LogP contribution in [0.15, 0.2) is 18.2 Å². The van der Waals surface area contributed by atoms with E-state index in [-0.39, 0.29) is 0 Å². The lowest BCUT2D eigenvalue weighted by atomic mass is 10.1. The van der Waals surface area contributed by atoms with E-state index in [2.05, 4.69) is 4.90 Å². The van der Waals surface area contributed by atoms with Crippen LogP contribution in [0.3, 0.4) is 0 Å². The SMILES string of the molecule is c1cc2c(cc1OCCN1CCCCC1)OCCO2. The topological polar surface area (TPSA) is 30.9 Å². The molecule has 1 aromatic carbocycles. The lowest BCUT2D eigenvalue weighted by molar-refractivity contribution is 0.167. The molecular formula is C15H21NO3. The molecule has 1 aromatic rings. The Labute approximate surface area is 114 Å². The highest BCUT2D eigenvalue weighted by molar-refractivity contribution is 5.46. The number of hydrogen-bond donors (Lipinski definition) is 0. The maximum Gasteiger partial charge on any atom is 0.165 e. The fourth-order valence-corrected chi connectivity index (χ4v) is 2.59. The summed E-state index contributed by atoms with van der Waals surface area (Å²) in [5, 5.41) is 0. The highest BCUT2D eigenvalue weighted by atomic mass is 16.6. The minimum absolute atomic E-state index is 0.615. The summed E-state index contributed by atoms with van der Waals surface area (Å²) in [6.07, 6.45) is 4.02. The van der Waals surface area contributed by atoms with E-state index in [1.807, 2.05) is 18.2 Å². The van der Waals surface area contributed by atoms with Gasteiger partial charge in [-0.1, -0.05) is 6.42 Å². The summed E-state index contributed by atoms with van der Waals surface area (Å²) < 4.78 is 16.8. The quantitative estimate of drug-likeness (QED) is 0.834. The van der Waals surface area contributed by atoms with Gasteiger partial charge in [0.2, 0.25) is 0 Å². The Morgan fingerprint density at radius 1 is 1.00 bits per heavy atom. The zero-order valence-electron chi connectivity index (χ0n) is 11.3. The predicted octanol–water partition coefficient (Wildman–Crippen LogP) is 2.32. The lowest BCUT2D eigenvalue weighted by Crippen LogP contribution is -2.33. The van der Waals surface area contributed by atoms with Crippen LogP contribution in [-0.4, -0.2) is 44.4 Å². The average Bonchev–Trinajstić information content (AvgIpc) is 2.48. The largest absolute Gasteiger partial charge is 0.492 e. The van der Waals surface area contributed by atoms with Crippen LogP contribution in [0.2, 0.25) is 0 Å². The smallest absolute Gasteiger partial charge is 0.165 e. The molecule has 0 saturated carbocycles. The van der Waals surface area contributed by atoms with E-state index in [0.717, 1.165) is 30.4 Å². The van der Waals surface area contributed by atoms with E-state index < -0.39 is 0 Å². The molecule has 0 amide bonds. The summed E-state index contributed by atoms with van der Waals surface area (Å²) >= 11 is 0. The molecule has 0 bridgehead atoms. The molecule has 4 heteroatoms. The summed E-state index contributed by atoms with van der Waals surface area (Å²) in [6, 6.07) is 5.79. The number of likely N-dealkylation sites (tertiary alicyclic amines) is 1. The Kier molecular flexibility index (Phi) is 4.08. The lowest BCUT2D eigenvalue weighted by Gasteiger charge is -2.26. The van der Waals surface area contributed by atoms with Crippen molar-refractivity contribution in [1.29, 1.82) is 0 Å². The third kappa shape index (κ3) is 3.32. The van der Waals surface area contributed by atoms with Crippen molar-refractivity contribution in [2.45, 2.75) is 19.3 Å². The fraction of sp³-hybridized carbons (Fsp3) is 0.600. The molecule has 0 unspecified atom stereocenters. The average molecular weight is 263 g/mol. The molecule has 0 N–H and O–H groups in total. The van der Waals surface area contributed by atoms with Gasteiger partial charge in [0, 0.05) is 12.6 Å². The van der Waals surface area contributed by atoms with Gasteiger partial charge >= 0.3 is 0 Å². The Balaban J connectivity index is 1.49. The van der Waals surface area contributed by atoms with Crippen molar-refractivity contribution in [3.05, 3.63) is 18.2 Å². The zero-order chi connectivity index (χ0) is 12.9. The Hall–Kier alpha value is -1.42. The Morgan fingerprint density at radius 2 is 1.79 bits per heavy atom. The summed E-state index contributed by atoms with van der Waals surface area (Å²) in [4.78, 5) is 2.47. The molecule has 0 atom stereocenters. The maximum absolute atomic E-state index is 5.80. The first kappa shape index (κ1) is 12.6. The van der Waals surface area contributed by atoms with Crippen molar-refractivity contribution in [1.82, 2.24) is 4.90 Å². The number of ether oxygens (including phenoxy) is 3. The monoisotopic (exact) mass is 263 g/mol. The molecule has 0 aromatic heterocycles. The van der Waals surface area contributed by atoms with Crippen molar-refractivity contribution in [3.63, 3.8) is 0 Å². The van der Waals surface area contributed by atoms with Gasteiger partial charge in [-0.15, -0.1) is 0 Å². The third-order valence-corrected chi connectivity index (χ3v) is 3.64. The number of benzene rings is 1. The van der Waals surface area contributed by atoms with Gasteiger partial charge in [-0.05, 0) is 38.1 Å². The van der Waals surface area contributed by atoms with E-state index in [9.17, 15) is 0 Å². The van der Waals surface area contributed by atoms with Crippen LogP contribution in [-0.2, 0) is 0 Å². The molecule has 0 radical (unpaired) electrons. The first-order valence-electron chi connectivity index (χ1n) is 7.17. The van der Waals surface area contributed by atoms with Crippen LogP contribution in [0.1, 0.15) is 19.3 Å². The van der Waals surface area contributed by atoms with Crippen molar-refractivity contribution >= 4 is 0 Å².